The maximum atomic E-state index is 12.0. The second kappa shape index (κ2) is 4.22. The van der Waals surface area contributed by atoms with Gasteiger partial charge in [-0.3, -0.25) is 9.78 Å². The molecular formula is C11H14BrNO. The van der Waals surface area contributed by atoms with Gasteiger partial charge in [-0.25, -0.2) is 0 Å². The van der Waals surface area contributed by atoms with Crippen molar-refractivity contribution in [1.29, 1.82) is 0 Å². The van der Waals surface area contributed by atoms with Gasteiger partial charge >= 0.3 is 0 Å². The summed E-state index contributed by atoms with van der Waals surface area (Å²) in [6.45, 7) is 5.93. The van der Waals surface area contributed by atoms with Gasteiger partial charge in [-0.05, 0) is 28.4 Å². The van der Waals surface area contributed by atoms with Crippen LogP contribution in [0.4, 0.5) is 0 Å². The lowest BCUT2D eigenvalue weighted by Gasteiger charge is -2.20. The van der Waals surface area contributed by atoms with Crippen LogP contribution in [0.1, 0.15) is 37.6 Å². The van der Waals surface area contributed by atoms with Crippen LogP contribution in [0.3, 0.4) is 0 Å². The first kappa shape index (κ1) is 11.4. The van der Waals surface area contributed by atoms with E-state index in [9.17, 15) is 4.79 Å². The molecule has 0 fully saturated rings. The first-order valence-electron chi connectivity index (χ1n) is 4.62. The summed E-state index contributed by atoms with van der Waals surface area (Å²) < 4.78 is 0.843. The fraction of sp³-hybridized carbons (Fsp3) is 0.455. The highest BCUT2D eigenvalue weighted by Gasteiger charge is 2.26. The van der Waals surface area contributed by atoms with Crippen LogP contribution < -0.4 is 0 Å². The molecule has 0 aliphatic rings. The van der Waals surface area contributed by atoms with E-state index >= 15 is 0 Å². The molecule has 0 saturated heterocycles. The molecule has 2 nitrogen and oxygen atoms in total. The SMILES string of the molecule is CCC(C)(C)C(=O)c1cncc(Br)c1. The average molecular weight is 256 g/mol. The summed E-state index contributed by atoms with van der Waals surface area (Å²) in [6.07, 6.45) is 4.12. The Hall–Kier alpha value is -0.700. The molecule has 3 heteroatoms. The zero-order chi connectivity index (χ0) is 10.8. The summed E-state index contributed by atoms with van der Waals surface area (Å²) in [7, 11) is 0. The monoisotopic (exact) mass is 255 g/mol. The zero-order valence-electron chi connectivity index (χ0n) is 8.67. The van der Waals surface area contributed by atoms with Gasteiger partial charge in [0.25, 0.3) is 0 Å². The Morgan fingerprint density at radius 2 is 2.14 bits per heavy atom. The van der Waals surface area contributed by atoms with Crippen molar-refractivity contribution in [3.63, 3.8) is 0 Å². The van der Waals surface area contributed by atoms with Crippen molar-refractivity contribution in [2.75, 3.05) is 0 Å². The Bertz CT molecular complexity index is 347. The predicted octanol–water partition coefficient (Wildman–Crippen LogP) is 3.46. The van der Waals surface area contributed by atoms with Crippen molar-refractivity contribution in [2.24, 2.45) is 5.41 Å². The molecule has 0 amide bonds. The number of carbonyl (C=O) groups excluding carboxylic acids is 1. The molecule has 0 atom stereocenters. The molecular weight excluding hydrogens is 242 g/mol. The number of ketones is 1. The Kier molecular flexibility index (Phi) is 3.43. The lowest BCUT2D eigenvalue weighted by atomic mass is 9.82. The van der Waals surface area contributed by atoms with Crippen molar-refractivity contribution in [3.8, 4) is 0 Å². The second-order valence-corrected chi connectivity index (χ2v) is 4.87. The first-order valence-corrected chi connectivity index (χ1v) is 5.42. The molecule has 0 saturated carbocycles. The molecule has 14 heavy (non-hydrogen) atoms. The molecule has 1 aromatic heterocycles. The molecule has 0 aliphatic heterocycles. The third-order valence-corrected chi connectivity index (χ3v) is 2.90. The van der Waals surface area contributed by atoms with Gasteiger partial charge in [-0.1, -0.05) is 20.8 Å². The third-order valence-electron chi connectivity index (χ3n) is 2.47. The molecule has 1 rings (SSSR count). The van der Waals surface area contributed by atoms with Crippen LogP contribution in [0.2, 0.25) is 0 Å². The zero-order valence-corrected chi connectivity index (χ0v) is 10.3. The quantitative estimate of drug-likeness (QED) is 0.775. The van der Waals surface area contributed by atoms with Gasteiger partial charge in [0.05, 0.1) is 0 Å². The van der Waals surface area contributed by atoms with E-state index in [2.05, 4.69) is 20.9 Å². The van der Waals surface area contributed by atoms with E-state index in [4.69, 9.17) is 0 Å². The predicted molar refractivity (Wildman–Crippen MR) is 60.3 cm³/mol. The van der Waals surface area contributed by atoms with Crippen molar-refractivity contribution >= 4 is 21.7 Å². The molecule has 76 valence electrons. The van der Waals surface area contributed by atoms with Crippen LogP contribution in [-0.4, -0.2) is 10.8 Å². The molecule has 0 N–H and O–H groups in total. The summed E-state index contributed by atoms with van der Waals surface area (Å²) >= 11 is 3.30. The van der Waals surface area contributed by atoms with Gasteiger partial charge < -0.3 is 0 Å². The molecule has 1 heterocycles. The molecule has 0 aromatic carbocycles. The van der Waals surface area contributed by atoms with Crippen molar-refractivity contribution in [1.82, 2.24) is 4.98 Å². The Balaban J connectivity index is 3.01. The van der Waals surface area contributed by atoms with Crippen LogP contribution in [-0.2, 0) is 0 Å². The lowest BCUT2D eigenvalue weighted by Crippen LogP contribution is -2.23. The minimum Gasteiger partial charge on any atom is -0.294 e. The molecule has 0 bridgehead atoms. The highest BCUT2D eigenvalue weighted by atomic mass is 79.9. The highest BCUT2D eigenvalue weighted by Crippen LogP contribution is 2.26. The molecule has 0 unspecified atom stereocenters. The first-order chi connectivity index (χ1) is 6.47. The lowest BCUT2D eigenvalue weighted by molar-refractivity contribution is 0.0832. The summed E-state index contributed by atoms with van der Waals surface area (Å²) in [5.74, 6) is 0.147. The summed E-state index contributed by atoms with van der Waals surface area (Å²) in [4.78, 5) is 16.0. The highest BCUT2D eigenvalue weighted by molar-refractivity contribution is 9.10. The number of pyridine rings is 1. The fourth-order valence-corrected chi connectivity index (χ4v) is 1.45. The Labute approximate surface area is 92.9 Å². The molecule has 0 aliphatic carbocycles. The van der Waals surface area contributed by atoms with E-state index < -0.39 is 0 Å². The number of halogens is 1. The summed E-state index contributed by atoms with van der Waals surface area (Å²) in [6, 6.07) is 1.81. The van der Waals surface area contributed by atoms with Crippen molar-refractivity contribution < 1.29 is 4.79 Å². The van der Waals surface area contributed by atoms with E-state index in [0.29, 0.717) is 5.56 Å². The Morgan fingerprint density at radius 3 is 2.64 bits per heavy atom. The van der Waals surface area contributed by atoms with E-state index in [-0.39, 0.29) is 11.2 Å². The van der Waals surface area contributed by atoms with E-state index in [1.165, 1.54) is 0 Å². The minimum absolute atomic E-state index is 0.147. The van der Waals surface area contributed by atoms with E-state index in [1.54, 1.807) is 12.4 Å². The second-order valence-electron chi connectivity index (χ2n) is 3.96. The Morgan fingerprint density at radius 1 is 1.50 bits per heavy atom. The van der Waals surface area contributed by atoms with Gasteiger partial charge in [-0.2, -0.15) is 0 Å². The number of carbonyl (C=O) groups is 1. The van der Waals surface area contributed by atoms with Crippen molar-refractivity contribution in [3.05, 3.63) is 28.5 Å². The van der Waals surface area contributed by atoms with Crippen LogP contribution in [0, 0.1) is 5.41 Å². The van der Waals surface area contributed by atoms with E-state index in [1.807, 2.05) is 26.8 Å². The number of nitrogens with zero attached hydrogens (tertiary/aromatic N) is 1. The number of aromatic nitrogens is 1. The third kappa shape index (κ3) is 2.41. The molecule has 0 radical (unpaired) electrons. The standard InChI is InChI=1S/C11H14BrNO/c1-4-11(2,3)10(14)8-5-9(12)7-13-6-8/h5-7H,4H2,1-3H3. The maximum Gasteiger partial charge on any atom is 0.170 e. The van der Waals surface area contributed by atoms with Gasteiger partial charge in [-0.15, -0.1) is 0 Å². The summed E-state index contributed by atoms with van der Waals surface area (Å²) in [5.41, 5.74) is 0.369. The van der Waals surface area contributed by atoms with Crippen LogP contribution in [0.15, 0.2) is 22.9 Å². The fourth-order valence-electron chi connectivity index (χ4n) is 1.09. The smallest absolute Gasteiger partial charge is 0.170 e. The maximum absolute atomic E-state index is 12.0. The average Bonchev–Trinajstić information content (AvgIpc) is 2.16. The van der Waals surface area contributed by atoms with Gasteiger partial charge in [0.15, 0.2) is 5.78 Å². The minimum atomic E-state index is -0.303. The number of hydrogen-bond donors (Lipinski definition) is 0. The van der Waals surface area contributed by atoms with Crippen LogP contribution in [0.5, 0.6) is 0 Å². The normalized spacial score (nSPS) is 11.4. The number of hydrogen-bond acceptors (Lipinski definition) is 2. The van der Waals surface area contributed by atoms with Crippen LogP contribution in [0.25, 0.3) is 0 Å². The summed E-state index contributed by atoms with van der Waals surface area (Å²) in [5, 5.41) is 0. The topological polar surface area (TPSA) is 30.0 Å². The number of rotatable bonds is 3. The van der Waals surface area contributed by atoms with Crippen LogP contribution >= 0.6 is 15.9 Å². The molecule has 0 spiro atoms. The largest absolute Gasteiger partial charge is 0.294 e. The number of Topliss-reactive ketones (excluding diaryl/α,β-unsaturated/α-hetero) is 1. The molecule has 1 aromatic rings. The van der Waals surface area contributed by atoms with Gasteiger partial charge in [0.1, 0.15) is 0 Å². The van der Waals surface area contributed by atoms with E-state index in [0.717, 1.165) is 10.9 Å². The van der Waals surface area contributed by atoms with Gasteiger partial charge in [0.2, 0.25) is 0 Å². The van der Waals surface area contributed by atoms with Gasteiger partial charge in [0, 0.05) is 27.8 Å². The van der Waals surface area contributed by atoms with Crippen molar-refractivity contribution in [2.45, 2.75) is 27.2 Å².